The zero-order valence-corrected chi connectivity index (χ0v) is 10.3. The minimum atomic E-state index is 0.186. The molecule has 3 heteroatoms. The molecule has 15 heavy (non-hydrogen) atoms. The van der Waals surface area contributed by atoms with E-state index in [9.17, 15) is 4.79 Å². The van der Waals surface area contributed by atoms with Crippen molar-refractivity contribution in [2.45, 2.75) is 46.1 Å². The van der Waals surface area contributed by atoms with E-state index in [4.69, 9.17) is 0 Å². The van der Waals surface area contributed by atoms with E-state index in [2.05, 4.69) is 19.2 Å². The van der Waals surface area contributed by atoms with E-state index in [-0.39, 0.29) is 5.92 Å². The second kappa shape index (κ2) is 6.11. The average molecular weight is 212 g/mol. The zero-order chi connectivity index (χ0) is 11.3. The molecule has 1 aliphatic heterocycles. The summed E-state index contributed by atoms with van der Waals surface area (Å²) in [6, 6.07) is 0.511. The number of likely N-dealkylation sites (N-methyl/N-ethyl adjacent to an activating group) is 1. The molecule has 88 valence electrons. The Morgan fingerprint density at radius 2 is 2.27 bits per heavy atom. The van der Waals surface area contributed by atoms with Crippen molar-refractivity contribution < 1.29 is 4.79 Å². The highest BCUT2D eigenvalue weighted by Gasteiger charge is 2.25. The Balaban J connectivity index is 2.44. The summed E-state index contributed by atoms with van der Waals surface area (Å²) in [6.45, 7) is 9.07. The van der Waals surface area contributed by atoms with Crippen molar-refractivity contribution in [1.82, 2.24) is 10.2 Å². The lowest BCUT2D eigenvalue weighted by atomic mass is 10.0. The summed E-state index contributed by atoms with van der Waals surface area (Å²) >= 11 is 0. The minimum absolute atomic E-state index is 0.186. The van der Waals surface area contributed by atoms with Crippen molar-refractivity contribution >= 4 is 5.91 Å². The fourth-order valence-corrected chi connectivity index (χ4v) is 2.12. The first-order valence-electron chi connectivity index (χ1n) is 6.21. The van der Waals surface area contributed by atoms with Crippen LogP contribution in [0.2, 0.25) is 0 Å². The lowest BCUT2D eigenvalue weighted by molar-refractivity contribution is -0.136. The number of carbonyl (C=O) groups is 1. The van der Waals surface area contributed by atoms with E-state index in [0.29, 0.717) is 11.9 Å². The van der Waals surface area contributed by atoms with Crippen LogP contribution in [0.3, 0.4) is 0 Å². The monoisotopic (exact) mass is 212 g/mol. The molecular weight excluding hydrogens is 188 g/mol. The maximum absolute atomic E-state index is 12.0. The summed E-state index contributed by atoms with van der Waals surface area (Å²) < 4.78 is 0. The summed E-state index contributed by atoms with van der Waals surface area (Å²) in [4.78, 5) is 14.0. The predicted molar refractivity (Wildman–Crippen MR) is 62.7 cm³/mol. The third kappa shape index (κ3) is 3.49. The maximum atomic E-state index is 12.0. The van der Waals surface area contributed by atoms with Gasteiger partial charge in [-0.3, -0.25) is 4.79 Å². The lowest BCUT2D eigenvalue weighted by Gasteiger charge is -2.34. The molecule has 1 saturated heterocycles. The number of nitrogens with zero attached hydrogens (tertiary/aromatic N) is 1. The second-order valence-electron chi connectivity index (χ2n) is 4.49. The molecule has 2 unspecified atom stereocenters. The van der Waals surface area contributed by atoms with E-state index in [1.54, 1.807) is 0 Å². The minimum Gasteiger partial charge on any atom is -0.341 e. The van der Waals surface area contributed by atoms with E-state index >= 15 is 0 Å². The van der Waals surface area contributed by atoms with Crippen molar-refractivity contribution in [3.05, 3.63) is 0 Å². The van der Waals surface area contributed by atoms with Gasteiger partial charge in [0.2, 0.25) is 5.91 Å². The second-order valence-corrected chi connectivity index (χ2v) is 4.49. The molecule has 0 aromatic heterocycles. The van der Waals surface area contributed by atoms with Crippen LogP contribution in [0.5, 0.6) is 0 Å². The van der Waals surface area contributed by atoms with Crippen molar-refractivity contribution in [1.29, 1.82) is 0 Å². The van der Waals surface area contributed by atoms with E-state index < -0.39 is 0 Å². The summed E-state index contributed by atoms with van der Waals surface area (Å²) in [7, 11) is 0. The van der Waals surface area contributed by atoms with Crippen LogP contribution in [0.4, 0.5) is 0 Å². The van der Waals surface area contributed by atoms with Gasteiger partial charge in [0, 0.05) is 25.0 Å². The molecule has 1 amide bonds. The van der Waals surface area contributed by atoms with Gasteiger partial charge in [-0.25, -0.2) is 0 Å². The van der Waals surface area contributed by atoms with E-state index in [1.807, 2.05) is 11.8 Å². The van der Waals surface area contributed by atoms with Crippen molar-refractivity contribution in [2.24, 2.45) is 5.92 Å². The molecule has 0 spiro atoms. The molecule has 0 saturated carbocycles. The highest BCUT2D eigenvalue weighted by Crippen LogP contribution is 2.14. The number of piperidine rings is 1. The standard InChI is InChI=1S/C12H24N2O/c1-4-10(3)12(15)14-8-6-7-11(9-14)13-5-2/h10-11,13H,4-9H2,1-3H3. The van der Waals surface area contributed by atoms with Gasteiger partial charge in [0.05, 0.1) is 0 Å². The Bertz CT molecular complexity index is 204. The third-order valence-electron chi connectivity index (χ3n) is 3.26. The topological polar surface area (TPSA) is 32.3 Å². The average Bonchev–Trinajstić information content (AvgIpc) is 2.28. The van der Waals surface area contributed by atoms with Gasteiger partial charge >= 0.3 is 0 Å². The first kappa shape index (κ1) is 12.5. The van der Waals surface area contributed by atoms with Crippen LogP contribution in [-0.4, -0.2) is 36.5 Å². The largest absolute Gasteiger partial charge is 0.341 e. The first-order valence-corrected chi connectivity index (χ1v) is 6.21. The van der Waals surface area contributed by atoms with Crippen LogP contribution in [0, 0.1) is 5.92 Å². The fourth-order valence-electron chi connectivity index (χ4n) is 2.12. The molecule has 0 aromatic rings. The van der Waals surface area contributed by atoms with Crippen LogP contribution in [0.1, 0.15) is 40.0 Å². The summed E-state index contributed by atoms with van der Waals surface area (Å²) in [6.07, 6.45) is 3.29. The number of carbonyl (C=O) groups excluding carboxylic acids is 1. The zero-order valence-electron chi connectivity index (χ0n) is 10.3. The van der Waals surface area contributed by atoms with E-state index in [0.717, 1.165) is 32.5 Å². The van der Waals surface area contributed by atoms with Gasteiger partial charge in [-0.1, -0.05) is 20.8 Å². The Morgan fingerprint density at radius 3 is 2.87 bits per heavy atom. The Morgan fingerprint density at radius 1 is 1.53 bits per heavy atom. The molecule has 1 aliphatic rings. The van der Waals surface area contributed by atoms with Crippen molar-refractivity contribution in [2.75, 3.05) is 19.6 Å². The first-order chi connectivity index (χ1) is 7.19. The van der Waals surface area contributed by atoms with Crippen LogP contribution in [-0.2, 0) is 4.79 Å². The molecule has 0 aromatic carbocycles. The smallest absolute Gasteiger partial charge is 0.225 e. The summed E-state index contributed by atoms with van der Waals surface area (Å²) in [5.74, 6) is 0.519. The molecule has 0 aliphatic carbocycles. The molecule has 1 N–H and O–H groups in total. The molecule has 1 rings (SSSR count). The predicted octanol–water partition coefficient (Wildman–Crippen LogP) is 1.63. The van der Waals surface area contributed by atoms with Gasteiger partial charge < -0.3 is 10.2 Å². The number of nitrogens with one attached hydrogen (secondary N) is 1. The molecule has 0 radical (unpaired) electrons. The molecule has 2 atom stereocenters. The highest BCUT2D eigenvalue weighted by atomic mass is 16.2. The van der Waals surface area contributed by atoms with Gasteiger partial charge in [-0.2, -0.15) is 0 Å². The van der Waals surface area contributed by atoms with Gasteiger partial charge in [0.15, 0.2) is 0 Å². The van der Waals surface area contributed by atoms with Crippen molar-refractivity contribution in [3.8, 4) is 0 Å². The van der Waals surface area contributed by atoms with Crippen molar-refractivity contribution in [3.63, 3.8) is 0 Å². The fraction of sp³-hybridized carbons (Fsp3) is 0.917. The van der Waals surface area contributed by atoms with Crippen LogP contribution in [0.25, 0.3) is 0 Å². The van der Waals surface area contributed by atoms with Crippen LogP contribution >= 0.6 is 0 Å². The highest BCUT2D eigenvalue weighted by molar-refractivity contribution is 5.78. The maximum Gasteiger partial charge on any atom is 0.225 e. The third-order valence-corrected chi connectivity index (χ3v) is 3.26. The van der Waals surface area contributed by atoms with Crippen LogP contribution < -0.4 is 5.32 Å². The number of amides is 1. The van der Waals surface area contributed by atoms with Gasteiger partial charge in [-0.05, 0) is 25.8 Å². The number of hydrogen-bond acceptors (Lipinski definition) is 2. The number of rotatable bonds is 4. The SMILES string of the molecule is CCNC1CCCN(C(=O)C(C)CC)C1. The summed E-state index contributed by atoms with van der Waals surface area (Å²) in [5, 5.41) is 3.43. The molecule has 0 bridgehead atoms. The normalized spacial score (nSPS) is 23.9. The quantitative estimate of drug-likeness (QED) is 0.768. The number of hydrogen-bond donors (Lipinski definition) is 1. The number of likely N-dealkylation sites (tertiary alicyclic amines) is 1. The Kier molecular flexibility index (Phi) is 5.09. The lowest BCUT2D eigenvalue weighted by Crippen LogP contribution is -2.49. The molecule has 1 heterocycles. The molecule has 1 fully saturated rings. The van der Waals surface area contributed by atoms with Gasteiger partial charge in [0.1, 0.15) is 0 Å². The molecule has 3 nitrogen and oxygen atoms in total. The Labute approximate surface area is 93.2 Å². The van der Waals surface area contributed by atoms with E-state index in [1.165, 1.54) is 6.42 Å². The molecular formula is C12H24N2O. The summed E-state index contributed by atoms with van der Waals surface area (Å²) in [5.41, 5.74) is 0. The Hall–Kier alpha value is -0.570. The van der Waals surface area contributed by atoms with Gasteiger partial charge in [-0.15, -0.1) is 0 Å². The van der Waals surface area contributed by atoms with Gasteiger partial charge in [0.25, 0.3) is 0 Å². The van der Waals surface area contributed by atoms with Crippen LogP contribution in [0.15, 0.2) is 0 Å².